The molecule has 0 fully saturated rings. The van der Waals surface area contributed by atoms with E-state index in [9.17, 15) is 14.7 Å². The van der Waals surface area contributed by atoms with Gasteiger partial charge < -0.3 is 20.6 Å². The van der Waals surface area contributed by atoms with Gasteiger partial charge in [-0.2, -0.15) is 0 Å². The first-order chi connectivity index (χ1) is 9.88. The Kier molecular flexibility index (Phi) is 6.68. The predicted molar refractivity (Wildman–Crippen MR) is 81.0 cm³/mol. The van der Waals surface area contributed by atoms with Crippen molar-refractivity contribution in [1.82, 2.24) is 15.5 Å². The molecule has 0 aliphatic heterocycles. The van der Waals surface area contributed by atoms with Crippen LogP contribution in [0, 0.1) is 0 Å². The summed E-state index contributed by atoms with van der Waals surface area (Å²) in [5.74, 6) is -0.201. The molecule has 116 valence electrons. The number of nitrogens with zero attached hydrogens (tertiary/aromatic N) is 1. The Morgan fingerprint density at radius 2 is 1.86 bits per heavy atom. The quantitative estimate of drug-likeness (QED) is 0.667. The first kappa shape index (κ1) is 17.0. The highest BCUT2D eigenvalue weighted by Crippen LogP contribution is 2.09. The Balaban J connectivity index is 2.45. The second-order valence-corrected chi connectivity index (χ2v) is 5.22. The van der Waals surface area contributed by atoms with Gasteiger partial charge in [0.15, 0.2) is 0 Å². The zero-order valence-electron chi connectivity index (χ0n) is 12.7. The van der Waals surface area contributed by atoms with Gasteiger partial charge in [0.05, 0.1) is 0 Å². The zero-order valence-corrected chi connectivity index (χ0v) is 12.7. The molecule has 2 amide bonds. The SMILES string of the molecule is CC(=O)NC(CN(C)C)C(=O)NCCc1ccc(O)cc1. The van der Waals surface area contributed by atoms with Crippen LogP contribution in [-0.4, -0.2) is 55.0 Å². The highest BCUT2D eigenvalue weighted by atomic mass is 16.3. The number of amides is 2. The Morgan fingerprint density at radius 3 is 2.38 bits per heavy atom. The van der Waals surface area contributed by atoms with Crippen LogP contribution in [0.15, 0.2) is 24.3 Å². The summed E-state index contributed by atoms with van der Waals surface area (Å²) in [7, 11) is 3.69. The van der Waals surface area contributed by atoms with Gasteiger partial charge in [0.1, 0.15) is 11.8 Å². The third kappa shape index (κ3) is 6.76. The van der Waals surface area contributed by atoms with Crippen molar-refractivity contribution in [1.29, 1.82) is 0 Å². The molecule has 0 spiro atoms. The molecule has 1 rings (SSSR count). The number of rotatable bonds is 7. The maximum atomic E-state index is 12.1. The van der Waals surface area contributed by atoms with Gasteiger partial charge in [-0.15, -0.1) is 0 Å². The van der Waals surface area contributed by atoms with Gasteiger partial charge in [-0.05, 0) is 38.2 Å². The van der Waals surface area contributed by atoms with Crippen LogP contribution in [0.4, 0.5) is 0 Å². The van der Waals surface area contributed by atoms with Crippen molar-refractivity contribution in [3.05, 3.63) is 29.8 Å². The fraction of sp³-hybridized carbons (Fsp3) is 0.467. The molecule has 1 aromatic rings. The molecule has 0 bridgehead atoms. The Morgan fingerprint density at radius 1 is 1.24 bits per heavy atom. The number of hydrogen-bond donors (Lipinski definition) is 3. The molecule has 6 heteroatoms. The molecule has 0 saturated carbocycles. The molecular weight excluding hydrogens is 270 g/mol. The van der Waals surface area contributed by atoms with Crippen molar-refractivity contribution in [2.75, 3.05) is 27.2 Å². The summed E-state index contributed by atoms with van der Waals surface area (Å²) in [5, 5.41) is 14.7. The van der Waals surface area contributed by atoms with Crippen LogP contribution in [-0.2, 0) is 16.0 Å². The molecular formula is C15H23N3O3. The summed E-state index contributed by atoms with van der Waals surface area (Å²) >= 11 is 0. The number of aromatic hydroxyl groups is 1. The minimum absolute atomic E-state index is 0.197. The van der Waals surface area contributed by atoms with Crippen LogP contribution in [0.5, 0.6) is 5.75 Å². The maximum Gasteiger partial charge on any atom is 0.243 e. The highest BCUT2D eigenvalue weighted by Gasteiger charge is 2.19. The Labute approximate surface area is 125 Å². The third-order valence-electron chi connectivity index (χ3n) is 2.89. The molecule has 0 saturated heterocycles. The second-order valence-electron chi connectivity index (χ2n) is 5.22. The van der Waals surface area contributed by atoms with E-state index in [-0.39, 0.29) is 17.6 Å². The van der Waals surface area contributed by atoms with Gasteiger partial charge in [0.2, 0.25) is 11.8 Å². The third-order valence-corrected chi connectivity index (χ3v) is 2.89. The lowest BCUT2D eigenvalue weighted by molar-refractivity contribution is -0.128. The number of phenolic OH excluding ortho intramolecular Hbond substituents is 1. The lowest BCUT2D eigenvalue weighted by Crippen LogP contribution is -2.51. The molecule has 0 aliphatic rings. The van der Waals surface area contributed by atoms with E-state index in [0.717, 1.165) is 5.56 Å². The van der Waals surface area contributed by atoms with E-state index < -0.39 is 6.04 Å². The summed E-state index contributed by atoms with van der Waals surface area (Å²) < 4.78 is 0. The van der Waals surface area contributed by atoms with Crippen LogP contribution in [0.3, 0.4) is 0 Å². The van der Waals surface area contributed by atoms with Gasteiger partial charge >= 0.3 is 0 Å². The number of carbonyl (C=O) groups excluding carboxylic acids is 2. The molecule has 6 nitrogen and oxygen atoms in total. The average Bonchev–Trinajstić information content (AvgIpc) is 2.39. The van der Waals surface area contributed by atoms with E-state index in [4.69, 9.17) is 0 Å². The second kappa shape index (κ2) is 8.26. The van der Waals surface area contributed by atoms with Crippen LogP contribution in [0.25, 0.3) is 0 Å². The van der Waals surface area contributed by atoms with E-state index in [2.05, 4.69) is 10.6 Å². The number of likely N-dealkylation sites (N-methyl/N-ethyl adjacent to an activating group) is 1. The van der Waals surface area contributed by atoms with Crippen LogP contribution >= 0.6 is 0 Å². The fourth-order valence-electron chi connectivity index (χ4n) is 1.92. The Hall–Kier alpha value is -2.08. The number of carbonyl (C=O) groups is 2. The number of benzene rings is 1. The normalized spacial score (nSPS) is 12.0. The molecule has 0 aliphatic carbocycles. The van der Waals surface area contributed by atoms with Crippen LogP contribution in [0.1, 0.15) is 12.5 Å². The van der Waals surface area contributed by atoms with Crippen LogP contribution < -0.4 is 10.6 Å². The van der Waals surface area contributed by atoms with Crippen molar-refractivity contribution in [2.24, 2.45) is 0 Å². The van der Waals surface area contributed by atoms with Gasteiger partial charge in [-0.1, -0.05) is 12.1 Å². The zero-order chi connectivity index (χ0) is 15.8. The van der Waals surface area contributed by atoms with Gasteiger partial charge in [0, 0.05) is 20.0 Å². The van der Waals surface area contributed by atoms with E-state index in [1.54, 1.807) is 12.1 Å². The van der Waals surface area contributed by atoms with Gasteiger partial charge in [0.25, 0.3) is 0 Å². The van der Waals surface area contributed by atoms with E-state index in [0.29, 0.717) is 19.5 Å². The lowest BCUT2D eigenvalue weighted by Gasteiger charge is -2.21. The molecule has 3 N–H and O–H groups in total. The van der Waals surface area contributed by atoms with Gasteiger partial charge in [-0.3, -0.25) is 9.59 Å². The molecule has 0 heterocycles. The first-order valence-corrected chi connectivity index (χ1v) is 6.86. The Bertz CT molecular complexity index is 472. The predicted octanol–water partition coefficient (Wildman–Crippen LogP) is 0.117. The maximum absolute atomic E-state index is 12.1. The number of nitrogens with one attached hydrogen (secondary N) is 2. The smallest absolute Gasteiger partial charge is 0.243 e. The summed E-state index contributed by atoms with van der Waals surface area (Å²) in [6.07, 6.45) is 0.667. The minimum Gasteiger partial charge on any atom is -0.508 e. The van der Waals surface area contributed by atoms with Crippen molar-refractivity contribution in [3.63, 3.8) is 0 Å². The molecule has 1 atom stereocenters. The molecule has 0 radical (unpaired) electrons. The average molecular weight is 293 g/mol. The molecule has 21 heavy (non-hydrogen) atoms. The summed E-state index contributed by atoms with van der Waals surface area (Å²) in [4.78, 5) is 25.0. The van der Waals surface area contributed by atoms with Gasteiger partial charge in [-0.25, -0.2) is 0 Å². The summed E-state index contributed by atoms with van der Waals surface area (Å²) in [6, 6.07) is 6.29. The number of hydrogen-bond acceptors (Lipinski definition) is 4. The summed E-state index contributed by atoms with van der Waals surface area (Å²) in [5.41, 5.74) is 1.02. The van der Waals surface area contributed by atoms with E-state index in [1.807, 2.05) is 31.1 Å². The van der Waals surface area contributed by atoms with Crippen LogP contribution in [0.2, 0.25) is 0 Å². The lowest BCUT2D eigenvalue weighted by atomic mass is 10.1. The summed E-state index contributed by atoms with van der Waals surface area (Å²) in [6.45, 7) is 2.32. The highest BCUT2D eigenvalue weighted by molar-refractivity contribution is 5.87. The van der Waals surface area contributed by atoms with Crippen molar-refractivity contribution in [3.8, 4) is 5.75 Å². The van der Waals surface area contributed by atoms with E-state index >= 15 is 0 Å². The monoisotopic (exact) mass is 293 g/mol. The van der Waals surface area contributed by atoms with Crippen molar-refractivity contribution < 1.29 is 14.7 Å². The molecule has 1 unspecified atom stereocenters. The van der Waals surface area contributed by atoms with E-state index in [1.165, 1.54) is 6.92 Å². The molecule has 0 aromatic heterocycles. The topological polar surface area (TPSA) is 81.7 Å². The first-order valence-electron chi connectivity index (χ1n) is 6.86. The fourth-order valence-corrected chi connectivity index (χ4v) is 1.92. The van der Waals surface area contributed by atoms with Crippen molar-refractivity contribution >= 4 is 11.8 Å². The number of phenols is 1. The largest absolute Gasteiger partial charge is 0.508 e. The van der Waals surface area contributed by atoms with Crippen molar-refractivity contribution in [2.45, 2.75) is 19.4 Å². The minimum atomic E-state index is -0.558. The standard InChI is InChI=1S/C15H23N3O3/c1-11(19)17-14(10-18(2)3)15(21)16-9-8-12-4-6-13(20)7-5-12/h4-7,14,20H,8-10H2,1-3H3,(H,16,21)(H,17,19). The molecule has 1 aromatic carbocycles.